The number of anilines is 1. The number of imidazole rings is 1. The summed E-state index contributed by atoms with van der Waals surface area (Å²) in [6, 6.07) is 5.18. The molecule has 7 heteroatoms. The molecule has 3 rings (SSSR count). The van der Waals surface area contributed by atoms with Gasteiger partial charge in [-0.1, -0.05) is 0 Å². The maximum absolute atomic E-state index is 5.93. The maximum Gasteiger partial charge on any atom is 0.205 e. The summed E-state index contributed by atoms with van der Waals surface area (Å²) in [5.41, 5.74) is 6.97. The van der Waals surface area contributed by atoms with Crippen LogP contribution in [0, 0.1) is 0 Å². The lowest BCUT2D eigenvalue weighted by molar-refractivity contribution is 0.480. The molecule has 0 bridgehead atoms. The zero-order chi connectivity index (χ0) is 13.4. The van der Waals surface area contributed by atoms with Gasteiger partial charge in [0.25, 0.3) is 0 Å². The topological polar surface area (TPSA) is 78.8 Å². The number of ether oxygens (including phenoxy) is 1. The van der Waals surface area contributed by atoms with Crippen molar-refractivity contribution in [1.29, 1.82) is 0 Å². The van der Waals surface area contributed by atoms with Gasteiger partial charge in [0, 0.05) is 25.4 Å². The first-order valence-electron chi connectivity index (χ1n) is 5.51. The number of rotatable bonds is 2. The first-order valence-corrected chi connectivity index (χ1v) is 5.88. The molecule has 96 valence electrons. The summed E-state index contributed by atoms with van der Waals surface area (Å²) in [6.07, 6.45) is 3.17. The molecule has 0 aliphatic rings. The highest BCUT2D eigenvalue weighted by Gasteiger charge is 2.08. The predicted octanol–water partition coefficient (Wildman–Crippen LogP) is 2.39. The summed E-state index contributed by atoms with van der Waals surface area (Å²) in [6.45, 7) is 0. The number of aryl methyl sites for hydroxylation is 1. The summed E-state index contributed by atoms with van der Waals surface area (Å²) in [4.78, 5) is 12.2. The normalized spacial score (nSPS) is 10.8. The van der Waals surface area contributed by atoms with Gasteiger partial charge in [-0.05, 0) is 17.7 Å². The molecule has 0 amide bonds. The van der Waals surface area contributed by atoms with Crippen LogP contribution in [0.2, 0.25) is 5.28 Å². The third-order valence-electron chi connectivity index (χ3n) is 2.65. The monoisotopic (exact) mass is 275 g/mol. The molecule has 3 aromatic heterocycles. The van der Waals surface area contributed by atoms with E-state index in [9.17, 15) is 0 Å². The Morgan fingerprint density at radius 3 is 2.89 bits per heavy atom. The molecule has 0 fully saturated rings. The van der Waals surface area contributed by atoms with Gasteiger partial charge < -0.3 is 15.0 Å². The largest absolute Gasteiger partial charge is 0.455 e. The quantitative estimate of drug-likeness (QED) is 0.777. The average Bonchev–Trinajstić information content (AvgIpc) is 2.66. The van der Waals surface area contributed by atoms with E-state index >= 15 is 0 Å². The van der Waals surface area contributed by atoms with E-state index < -0.39 is 0 Å². The molecular weight excluding hydrogens is 266 g/mol. The fourth-order valence-electron chi connectivity index (χ4n) is 1.71. The molecular formula is C12H10ClN5O. The number of nitrogens with zero attached hydrogens (tertiary/aromatic N) is 4. The van der Waals surface area contributed by atoms with E-state index in [4.69, 9.17) is 22.1 Å². The van der Waals surface area contributed by atoms with Crippen LogP contribution < -0.4 is 10.5 Å². The highest BCUT2D eigenvalue weighted by molar-refractivity contribution is 6.29. The molecule has 0 saturated carbocycles. The van der Waals surface area contributed by atoms with Crippen molar-refractivity contribution in [2.24, 2.45) is 7.05 Å². The molecule has 0 aliphatic heterocycles. The van der Waals surface area contributed by atoms with E-state index in [0.29, 0.717) is 28.2 Å². The number of nitrogens with two attached hydrogens (primary N) is 1. The Hall–Kier alpha value is -2.34. The van der Waals surface area contributed by atoms with E-state index in [1.807, 2.05) is 13.1 Å². The van der Waals surface area contributed by atoms with Crippen molar-refractivity contribution >= 4 is 28.6 Å². The second kappa shape index (κ2) is 4.40. The van der Waals surface area contributed by atoms with Crippen LogP contribution in [0.25, 0.3) is 11.2 Å². The van der Waals surface area contributed by atoms with Crippen LogP contribution in [-0.4, -0.2) is 19.5 Å². The third kappa shape index (κ3) is 2.17. The first kappa shape index (κ1) is 11.7. The molecule has 3 aromatic rings. The average molecular weight is 276 g/mol. The number of fused-ring (bicyclic) bond motifs is 1. The van der Waals surface area contributed by atoms with Gasteiger partial charge in [-0.2, -0.15) is 4.98 Å². The van der Waals surface area contributed by atoms with Gasteiger partial charge in [0.15, 0.2) is 5.65 Å². The number of halogens is 1. The van der Waals surface area contributed by atoms with Crippen molar-refractivity contribution in [3.05, 3.63) is 35.9 Å². The Morgan fingerprint density at radius 2 is 2.11 bits per heavy atom. The maximum atomic E-state index is 5.93. The number of hydrogen-bond acceptors (Lipinski definition) is 5. The van der Waals surface area contributed by atoms with Crippen LogP contribution in [0.4, 0.5) is 5.82 Å². The fourth-order valence-corrected chi connectivity index (χ4v) is 1.88. The molecule has 0 spiro atoms. The Morgan fingerprint density at radius 1 is 1.26 bits per heavy atom. The molecule has 2 N–H and O–H groups in total. The molecule has 0 radical (unpaired) electrons. The first-order chi connectivity index (χ1) is 9.13. The van der Waals surface area contributed by atoms with Gasteiger partial charge in [-0.25, -0.2) is 9.97 Å². The van der Waals surface area contributed by atoms with Gasteiger partial charge in [0.1, 0.15) is 17.3 Å². The van der Waals surface area contributed by atoms with Gasteiger partial charge in [-0.3, -0.25) is 0 Å². The summed E-state index contributed by atoms with van der Waals surface area (Å²) < 4.78 is 7.40. The minimum Gasteiger partial charge on any atom is -0.455 e. The number of nitrogen functional groups attached to an aromatic ring is 1. The van der Waals surface area contributed by atoms with Crippen LogP contribution in [0.1, 0.15) is 0 Å². The van der Waals surface area contributed by atoms with Gasteiger partial charge in [-0.15, -0.1) is 0 Å². The Balaban J connectivity index is 1.99. The molecule has 3 heterocycles. The predicted molar refractivity (Wildman–Crippen MR) is 72.2 cm³/mol. The van der Waals surface area contributed by atoms with E-state index in [-0.39, 0.29) is 0 Å². The zero-order valence-corrected chi connectivity index (χ0v) is 10.8. The van der Waals surface area contributed by atoms with Crippen molar-refractivity contribution in [3.8, 4) is 11.5 Å². The second-order valence-corrected chi connectivity index (χ2v) is 4.31. The second-order valence-electron chi connectivity index (χ2n) is 3.97. The molecule has 0 unspecified atom stereocenters. The third-order valence-corrected chi connectivity index (χ3v) is 2.98. The van der Waals surface area contributed by atoms with E-state index in [2.05, 4.69) is 15.0 Å². The van der Waals surface area contributed by atoms with Crippen molar-refractivity contribution < 1.29 is 4.74 Å². The van der Waals surface area contributed by atoms with Crippen molar-refractivity contribution in [1.82, 2.24) is 19.5 Å². The van der Waals surface area contributed by atoms with E-state index in [0.717, 1.165) is 5.52 Å². The molecule has 19 heavy (non-hydrogen) atoms. The Bertz CT molecular complexity index is 755. The lowest BCUT2D eigenvalue weighted by Crippen LogP contribution is -1.92. The van der Waals surface area contributed by atoms with Gasteiger partial charge in [0.05, 0.1) is 11.7 Å². The summed E-state index contributed by atoms with van der Waals surface area (Å²) in [7, 11) is 1.81. The van der Waals surface area contributed by atoms with Crippen molar-refractivity contribution in [3.63, 3.8) is 0 Å². The van der Waals surface area contributed by atoms with Crippen LogP contribution >= 0.6 is 11.6 Å². The van der Waals surface area contributed by atoms with E-state index in [1.54, 1.807) is 29.1 Å². The van der Waals surface area contributed by atoms with Crippen LogP contribution in [-0.2, 0) is 7.05 Å². The lowest BCUT2D eigenvalue weighted by atomic mass is 10.4. The number of pyridine rings is 2. The molecule has 0 aromatic carbocycles. The van der Waals surface area contributed by atoms with Crippen LogP contribution in [0.15, 0.2) is 30.6 Å². The molecule has 6 nitrogen and oxygen atoms in total. The SMILES string of the molecule is Cn1c(Cl)nc2ncc(Oc3ccnc(N)c3)cc21. The minimum atomic E-state index is 0.382. The minimum absolute atomic E-state index is 0.382. The van der Waals surface area contributed by atoms with Crippen LogP contribution in [0.5, 0.6) is 11.5 Å². The Labute approximate surface area is 113 Å². The zero-order valence-electron chi connectivity index (χ0n) is 10.0. The standard InChI is InChI=1S/C12H10ClN5O/c1-18-9-4-8(6-16-11(9)17-12(18)13)19-7-2-3-15-10(14)5-7/h2-6H,1H3,(H2,14,15). The van der Waals surface area contributed by atoms with Crippen LogP contribution in [0.3, 0.4) is 0 Å². The fraction of sp³-hybridized carbons (Fsp3) is 0.0833. The van der Waals surface area contributed by atoms with Crippen molar-refractivity contribution in [2.75, 3.05) is 5.73 Å². The van der Waals surface area contributed by atoms with E-state index in [1.165, 1.54) is 0 Å². The summed E-state index contributed by atoms with van der Waals surface area (Å²) in [5.74, 6) is 1.58. The van der Waals surface area contributed by atoms with Crippen molar-refractivity contribution in [2.45, 2.75) is 0 Å². The highest BCUT2D eigenvalue weighted by atomic mass is 35.5. The Kier molecular flexibility index (Phi) is 2.72. The summed E-state index contributed by atoms with van der Waals surface area (Å²) >= 11 is 5.93. The highest BCUT2D eigenvalue weighted by Crippen LogP contribution is 2.25. The molecule has 0 atom stereocenters. The lowest BCUT2D eigenvalue weighted by Gasteiger charge is -2.05. The molecule has 0 saturated heterocycles. The van der Waals surface area contributed by atoms with Gasteiger partial charge >= 0.3 is 0 Å². The molecule has 0 aliphatic carbocycles. The number of aromatic nitrogens is 4. The number of hydrogen-bond donors (Lipinski definition) is 1. The van der Waals surface area contributed by atoms with Gasteiger partial charge in [0.2, 0.25) is 5.28 Å². The smallest absolute Gasteiger partial charge is 0.205 e. The summed E-state index contributed by atoms with van der Waals surface area (Å²) in [5, 5.41) is 0.382.